The van der Waals surface area contributed by atoms with E-state index in [9.17, 15) is 9.59 Å². The SMILES string of the molecule is CC(=O)/C=C/CCCN1C(=O)CN=C(c2ccccc2)c2ccccc21. The number of carbonyl (C=O) groups excluding carboxylic acids is 2. The molecule has 4 heteroatoms. The fraction of sp³-hybridized carbons (Fsp3) is 0.227. The lowest BCUT2D eigenvalue weighted by Gasteiger charge is -2.22. The number of carbonyl (C=O) groups is 2. The number of hydrogen-bond donors (Lipinski definition) is 0. The van der Waals surface area contributed by atoms with Crippen molar-refractivity contribution in [2.45, 2.75) is 19.8 Å². The van der Waals surface area contributed by atoms with Crippen molar-refractivity contribution in [2.24, 2.45) is 4.99 Å². The third kappa shape index (κ3) is 4.14. The maximum atomic E-state index is 12.7. The number of unbranched alkanes of at least 4 members (excludes halogenated alkanes) is 1. The fourth-order valence-corrected chi connectivity index (χ4v) is 3.07. The zero-order valence-corrected chi connectivity index (χ0v) is 14.9. The minimum atomic E-state index is -0.000992. The largest absolute Gasteiger partial charge is 0.310 e. The molecule has 0 N–H and O–H groups in total. The first-order chi connectivity index (χ1) is 12.7. The summed E-state index contributed by atoms with van der Waals surface area (Å²) in [7, 11) is 0. The summed E-state index contributed by atoms with van der Waals surface area (Å²) in [6.07, 6.45) is 5.00. The van der Waals surface area contributed by atoms with Crippen LogP contribution in [0.2, 0.25) is 0 Å². The summed E-state index contributed by atoms with van der Waals surface area (Å²) in [5.74, 6) is 0.0426. The molecule has 0 radical (unpaired) electrons. The summed E-state index contributed by atoms with van der Waals surface area (Å²) in [5, 5.41) is 0. The molecule has 0 saturated carbocycles. The number of anilines is 1. The third-order valence-electron chi connectivity index (χ3n) is 4.28. The van der Waals surface area contributed by atoms with E-state index in [-0.39, 0.29) is 18.2 Å². The molecule has 1 amide bonds. The highest BCUT2D eigenvalue weighted by Gasteiger charge is 2.24. The van der Waals surface area contributed by atoms with E-state index in [4.69, 9.17) is 0 Å². The Kier molecular flexibility index (Phi) is 5.74. The Morgan fingerprint density at radius 2 is 1.85 bits per heavy atom. The van der Waals surface area contributed by atoms with Crippen LogP contribution >= 0.6 is 0 Å². The highest BCUT2D eigenvalue weighted by molar-refractivity contribution is 6.19. The second-order valence-electron chi connectivity index (χ2n) is 6.25. The van der Waals surface area contributed by atoms with Gasteiger partial charge in [0.1, 0.15) is 6.54 Å². The van der Waals surface area contributed by atoms with Crippen LogP contribution in [0.25, 0.3) is 0 Å². The van der Waals surface area contributed by atoms with Crippen molar-refractivity contribution in [1.29, 1.82) is 0 Å². The molecule has 3 rings (SSSR count). The summed E-state index contributed by atoms with van der Waals surface area (Å²) in [5.41, 5.74) is 3.74. The van der Waals surface area contributed by atoms with Crippen molar-refractivity contribution in [3.8, 4) is 0 Å². The average molecular weight is 346 g/mol. The molecule has 1 aliphatic heterocycles. The minimum absolute atomic E-state index is 0.000992. The summed E-state index contributed by atoms with van der Waals surface area (Å²) in [6, 6.07) is 17.9. The zero-order chi connectivity index (χ0) is 18.4. The number of benzodiazepines with no additional fused rings is 1. The molecule has 0 saturated heterocycles. The molecule has 2 aromatic carbocycles. The standard InChI is InChI=1S/C22H22N2O2/c1-17(25)10-4-3-9-15-24-20-14-8-7-13-19(20)22(23-16-21(24)26)18-11-5-2-6-12-18/h2,4-8,10-14H,3,9,15-16H2,1H3/b10-4+. The molecule has 26 heavy (non-hydrogen) atoms. The lowest BCUT2D eigenvalue weighted by molar-refractivity contribution is -0.117. The lowest BCUT2D eigenvalue weighted by atomic mass is 10.00. The number of fused-ring (bicyclic) bond motifs is 1. The van der Waals surface area contributed by atoms with E-state index in [1.165, 1.54) is 6.92 Å². The van der Waals surface area contributed by atoms with Crippen LogP contribution in [-0.4, -0.2) is 30.5 Å². The molecule has 0 unspecified atom stereocenters. The number of benzene rings is 2. The van der Waals surface area contributed by atoms with E-state index in [0.29, 0.717) is 6.54 Å². The number of allylic oxidation sites excluding steroid dienone is 2. The van der Waals surface area contributed by atoms with Crippen molar-refractivity contribution in [2.75, 3.05) is 18.0 Å². The molecular weight excluding hydrogens is 324 g/mol. The van der Waals surface area contributed by atoms with Crippen LogP contribution in [0.5, 0.6) is 0 Å². The quantitative estimate of drug-likeness (QED) is 0.590. The van der Waals surface area contributed by atoms with E-state index in [1.807, 2.05) is 65.6 Å². The fourth-order valence-electron chi connectivity index (χ4n) is 3.07. The molecule has 1 heterocycles. The third-order valence-corrected chi connectivity index (χ3v) is 4.28. The monoisotopic (exact) mass is 346 g/mol. The van der Waals surface area contributed by atoms with Gasteiger partial charge in [0, 0.05) is 17.7 Å². The number of amides is 1. The molecule has 132 valence electrons. The average Bonchev–Trinajstić information content (AvgIpc) is 2.79. The molecule has 4 nitrogen and oxygen atoms in total. The Balaban J connectivity index is 1.86. The van der Waals surface area contributed by atoms with Gasteiger partial charge in [0.05, 0.1) is 11.4 Å². The van der Waals surface area contributed by atoms with Gasteiger partial charge in [0.25, 0.3) is 0 Å². The summed E-state index contributed by atoms with van der Waals surface area (Å²) >= 11 is 0. The summed E-state index contributed by atoms with van der Waals surface area (Å²) in [4.78, 5) is 30.1. The highest BCUT2D eigenvalue weighted by atomic mass is 16.2. The molecular formula is C22H22N2O2. The second kappa shape index (κ2) is 8.39. The number of rotatable bonds is 6. The van der Waals surface area contributed by atoms with Crippen molar-refractivity contribution < 1.29 is 9.59 Å². The topological polar surface area (TPSA) is 49.7 Å². The molecule has 1 aliphatic rings. The lowest BCUT2D eigenvalue weighted by Crippen LogP contribution is -2.33. The van der Waals surface area contributed by atoms with Crippen molar-refractivity contribution in [3.63, 3.8) is 0 Å². The Bertz CT molecular complexity index is 853. The molecule has 0 bridgehead atoms. The van der Waals surface area contributed by atoms with Gasteiger partial charge in [-0.25, -0.2) is 0 Å². The predicted octanol–water partition coefficient (Wildman–Crippen LogP) is 3.80. The van der Waals surface area contributed by atoms with Crippen LogP contribution in [0.4, 0.5) is 5.69 Å². The van der Waals surface area contributed by atoms with Crippen molar-refractivity contribution in [3.05, 3.63) is 77.9 Å². The molecule has 0 fully saturated rings. The Morgan fingerprint density at radius 1 is 1.12 bits per heavy atom. The van der Waals surface area contributed by atoms with Crippen molar-refractivity contribution in [1.82, 2.24) is 0 Å². The van der Waals surface area contributed by atoms with Gasteiger partial charge in [-0.1, -0.05) is 54.6 Å². The molecule has 0 aromatic heterocycles. The number of para-hydroxylation sites is 1. The van der Waals surface area contributed by atoms with Crippen LogP contribution in [0.1, 0.15) is 30.9 Å². The molecule has 0 spiro atoms. The minimum Gasteiger partial charge on any atom is -0.310 e. The highest BCUT2D eigenvalue weighted by Crippen LogP contribution is 2.27. The van der Waals surface area contributed by atoms with E-state index >= 15 is 0 Å². The van der Waals surface area contributed by atoms with E-state index < -0.39 is 0 Å². The van der Waals surface area contributed by atoms with Crippen LogP contribution in [-0.2, 0) is 9.59 Å². The summed E-state index contributed by atoms with van der Waals surface area (Å²) < 4.78 is 0. The van der Waals surface area contributed by atoms with E-state index in [1.54, 1.807) is 6.08 Å². The van der Waals surface area contributed by atoms with Gasteiger partial charge in [-0.05, 0) is 31.9 Å². The maximum absolute atomic E-state index is 12.7. The molecule has 2 aromatic rings. The summed E-state index contributed by atoms with van der Waals surface area (Å²) in [6.45, 7) is 2.28. The van der Waals surface area contributed by atoms with Gasteiger partial charge >= 0.3 is 0 Å². The maximum Gasteiger partial charge on any atom is 0.248 e. The van der Waals surface area contributed by atoms with Gasteiger partial charge in [-0.3, -0.25) is 14.6 Å². The normalized spacial score (nSPS) is 14.1. The van der Waals surface area contributed by atoms with Gasteiger partial charge in [0.15, 0.2) is 5.78 Å². The smallest absolute Gasteiger partial charge is 0.248 e. The number of aliphatic imine (C=N–C) groups is 1. The van der Waals surface area contributed by atoms with Gasteiger partial charge < -0.3 is 4.90 Å². The number of ketones is 1. The van der Waals surface area contributed by atoms with Gasteiger partial charge in [-0.2, -0.15) is 0 Å². The second-order valence-corrected chi connectivity index (χ2v) is 6.25. The van der Waals surface area contributed by atoms with Crippen LogP contribution in [0.3, 0.4) is 0 Å². The molecule has 0 aliphatic carbocycles. The van der Waals surface area contributed by atoms with Crippen LogP contribution in [0, 0.1) is 0 Å². The van der Waals surface area contributed by atoms with Gasteiger partial charge in [-0.15, -0.1) is 0 Å². The Labute approximate surface area is 153 Å². The van der Waals surface area contributed by atoms with Crippen LogP contribution < -0.4 is 4.90 Å². The predicted molar refractivity (Wildman–Crippen MR) is 105 cm³/mol. The van der Waals surface area contributed by atoms with E-state index in [0.717, 1.165) is 35.4 Å². The van der Waals surface area contributed by atoms with Crippen LogP contribution in [0.15, 0.2) is 71.7 Å². The molecule has 0 atom stereocenters. The number of nitrogens with zero attached hydrogens (tertiary/aromatic N) is 2. The Morgan fingerprint density at radius 3 is 2.62 bits per heavy atom. The van der Waals surface area contributed by atoms with Gasteiger partial charge in [0.2, 0.25) is 5.91 Å². The van der Waals surface area contributed by atoms with Crippen molar-refractivity contribution >= 4 is 23.1 Å². The first kappa shape index (κ1) is 17.8. The number of hydrogen-bond acceptors (Lipinski definition) is 3. The Hall–Kier alpha value is -3.01. The zero-order valence-electron chi connectivity index (χ0n) is 14.9. The van der Waals surface area contributed by atoms with E-state index in [2.05, 4.69) is 4.99 Å². The first-order valence-electron chi connectivity index (χ1n) is 8.83. The first-order valence-corrected chi connectivity index (χ1v) is 8.83.